The Morgan fingerprint density at radius 1 is 1.03 bits per heavy atom. The molecule has 3 aromatic rings. The van der Waals surface area contributed by atoms with E-state index in [1.165, 1.54) is 0 Å². The number of benzene rings is 1. The number of aromatic nitrogens is 1. The number of hydrogen-bond acceptors (Lipinski definition) is 5. The molecule has 0 saturated carbocycles. The van der Waals surface area contributed by atoms with Crippen molar-refractivity contribution in [1.82, 2.24) is 10.4 Å². The maximum atomic E-state index is 12.7. The Balaban J connectivity index is 1.57. The van der Waals surface area contributed by atoms with Crippen molar-refractivity contribution >= 4 is 23.2 Å². The first kappa shape index (κ1) is 18.6. The summed E-state index contributed by atoms with van der Waals surface area (Å²) in [6.45, 7) is 1.84. The fraction of sp³-hybridized carbons (Fsp3) is 0.182. The van der Waals surface area contributed by atoms with E-state index in [2.05, 4.69) is 20.8 Å². The molecule has 0 fully saturated rings. The van der Waals surface area contributed by atoms with Crippen molar-refractivity contribution < 1.29 is 14.0 Å². The number of para-hydroxylation sites is 1. The lowest BCUT2D eigenvalue weighted by molar-refractivity contribution is 0.0953. The van der Waals surface area contributed by atoms with Crippen LogP contribution in [0.4, 0.5) is 5.69 Å². The van der Waals surface area contributed by atoms with E-state index in [-0.39, 0.29) is 17.6 Å². The zero-order chi connectivity index (χ0) is 20.2. The van der Waals surface area contributed by atoms with Crippen LogP contribution in [0.15, 0.2) is 64.4 Å². The summed E-state index contributed by atoms with van der Waals surface area (Å²) in [4.78, 5) is 28.9. The van der Waals surface area contributed by atoms with Crippen LogP contribution in [0, 0.1) is 6.92 Å². The number of nitrogens with one attached hydrogen (secondary N) is 2. The van der Waals surface area contributed by atoms with Gasteiger partial charge >= 0.3 is 0 Å². The Morgan fingerprint density at radius 2 is 1.79 bits per heavy atom. The number of hydrogen-bond donors (Lipinski definition) is 2. The molecule has 146 valence electrons. The molecule has 7 nitrogen and oxygen atoms in total. The summed E-state index contributed by atoms with van der Waals surface area (Å²) in [5.74, 6) is 0.385. The van der Waals surface area contributed by atoms with E-state index in [1.54, 1.807) is 24.5 Å². The molecular formula is C22H20N4O3. The molecular weight excluding hydrogens is 368 g/mol. The molecule has 0 saturated heterocycles. The van der Waals surface area contributed by atoms with E-state index >= 15 is 0 Å². The van der Waals surface area contributed by atoms with Gasteiger partial charge in [0.05, 0.1) is 5.71 Å². The first-order valence-corrected chi connectivity index (χ1v) is 9.39. The van der Waals surface area contributed by atoms with Crippen LogP contribution in [0.2, 0.25) is 0 Å². The molecule has 2 aromatic heterocycles. The third-order valence-electron chi connectivity index (χ3n) is 4.80. The molecule has 0 unspecified atom stereocenters. The molecule has 0 spiro atoms. The van der Waals surface area contributed by atoms with E-state index in [0.29, 0.717) is 23.4 Å². The second-order valence-electron chi connectivity index (χ2n) is 6.76. The number of fused-ring (bicyclic) bond motifs is 1. The molecule has 1 aliphatic rings. The highest BCUT2D eigenvalue weighted by atomic mass is 16.4. The summed E-state index contributed by atoms with van der Waals surface area (Å²) in [6, 6.07) is 12.5. The predicted octanol–water partition coefficient (Wildman–Crippen LogP) is 3.71. The van der Waals surface area contributed by atoms with Gasteiger partial charge in [0.15, 0.2) is 5.76 Å². The average molecular weight is 388 g/mol. The van der Waals surface area contributed by atoms with Crippen molar-refractivity contribution in [3.63, 3.8) is 0 Å². The van der Waals surface area contributed by atoms with E-state index in [9.17, 15) is 9.59 Å². The summed E-state index contributed by atoms with van der Waals surface area (Å²) >= 11 is 0. The van der Waals surface area contributed by atoms with Crippen molar-refractivity contribution in [2.45, 2.75) is 26.2 Å². The van der Waals surface area contributed by atoms with Gasteiger partial charge in [-0.05, 0) is 44.0 Å². The Labute approximate surface area is 167 Å². The zero-order valence-electron chi connectivity index (χ0n) is 15.9. The Kier molecular flexibility index (Phi) is 5.20. The largest absolute Gasteiger partial charge is 0.455 e. The number of anilines is 1. The normalized spacial score (nSPS) is 14.3. The van der Waals surface area contributed by atoms with Crippen LogP contribution < -0.4 is 10.7 Å². The summed E-state index contributed by atoms with van der Waals surface area (Å²) < 4.78 is 5.88. The number of amides is 2. The number of carbonyl (C=O) groups excluding carboxylic acids is 2. The van der Waals surface area contributed by atoms with Crippen molar-refractivity contribution in [1.29, 1.82) is 0 Å². The molecule has 0 bridgehead atoms. The van der Waals surface area contributed by atoms with Crippen LogP contribution in [-0.4, -0.2) is 22.5 Å². The van der Waals surface area contributed by atoms with Gasteiger partial charge in [-0.1, -0.05) is 18.2 Å². The van der Waals surface area contributed by atoms with Crippen molar-refractivity contribution in [3.8, 4) is 0 Å². The minimum atomic E-state index is -0.310. The molecule has 2 N–H and O–H groups in total. The van der Waals surface area contributed by atoms with Gasteiger partial charge in [0.1, 0.15) is 5.76 Å². The SMILES string of the molecule is Cc1c(C(=O)Nc2ccccc2)oc2c1/C(=N/NC(=O)c1ccncc1)CCC2. The van der Waals surface area contributed by atoms with E-state index in [0.717, 1.165) is 29.7 Å². The van der Waals surface area contributed by atoms with Gasteiger partial charge in [-0.3, -0.25) is 14.6 Å². The van der Waals surface area contributed by atoms with Gasteiger partial charge in [-0.15, -0.1) is 0 Å². The number of carbonyl (C=O) groups is 2. The smallest absolute Gasteiger partial charge is 0.291 e. The Hall–Kier alpha value is -3.74. The molecule has 0 atom stereocenters. The molecule has 0 radical (unpaired) electrons. The maximum Gasteiger partial charge on any atom is 0.291 e. The molecule has 1 aromatic carbocycles. The number of furan rings is 1. The van der Waals surface area contributed by atoms with Gasteiger partial charge < -0.3 is 9.73 Å². The van der Waals surface area contributed by atoms with Crippen molar-refractivity contribution in [2.75, 3.05) is 5.32 Å². The molecule has 1 aliphatic carbocycles. The third kappa shape index (κ3) is 3.94. The quantitative estimate of drug-likeness (QED) is 0.666. The standard InChI is InChI=1S/C22H20N4O3/c1-14-19-17(25-26-21(27)15-10-12-23-13-11-15)8-5-9-18(19)29-20(14)22(28)24-16-6-3-2-4-7-16/h2-4,6-7,10-13H,5,8-9H2,1H3,(H,24,28)(H,26,27)/b25-17+. The maximum absolute atomic E-state index is 12.7. The number of nitrogens with zero attached hydrogens (tertiary/aromatic N) is 2. The molecule has 0 aliphatic heterocycles. The van der Waals surface area contributed by atoms with E-state index in [1.807, 2.05) is 37.3 Å². The first-order chi connectivity index (χ1) is 14.1. The second-order valence-corrected chi connectivity index (χ2v) is 6.76. The number of pyridine rings is 1. The second kappa shape index (κ2) is 8.10. The predicted molar refractivity (Wildman–Crippen MR) is 109 cm³/mol. The fourth-order valence-electron chi connectivity index (χ4n) is 3.39. The van der Waals surface area contributed by atoms with Crippen molar-refractivity contribution in [2.24, 2.45) is 5.10 Å². The number of hydrazone groups is 1. The minimum absolute atomic E-state index is 0.272. The summed E-state index contributed by atoms with van der Waals surface area (Å²) in [5.41, 5.74) is 6.02. The summed E-state index contributed by atoms with van der Waals surface area (Å²) in [5, 5.41) is 7.17. The third-order valence-corrected chi connectivity index (χ3v) is 4.80. The number of rotatable bonds is 4. The van der Waals surface area contributed by atoms with Crippen LogP contribution in [-0.2, 0) is 6.42 Å². The molecule has 2 heterocycles. The lowest BCUT2D eigenvalue weighted by Gasteiger charge is -2.13. The molecule has 4 rings (SSSR count). The van der Waals surface area contributed by atoms with E-state index < -0.39 is 0 Å². The van der Waals surface area contributed by atoms with Gasteiger partial charge in [0.25, 0.3) is 11.8 Å². The van der Waals surface area contributed by atoms with E-state index in [4.69, 9.17) is 4.42 Å². The highest BCUT2D eigenvalue weighted by Gasteiger charge is 2.28. The van der Waals surface area contributed by atoms with Crippen LogP contribution in [0.5, 0.6) is 0 Å². The Morgan fingerprint density at radius 3 is 2.55 bits per heavy atom. The minimum Gasteiger partial charge on any atom is -0.455 e. The fourth-order valence-corrected chi connectivity index (χ4v) is 3.39. The van der Waals surface area contributed by atoms with Crippen LogP contribution in [0.1, 0.15) is 50.6 Å². The molecule has 2 amide bonds. The first-order valence-electron chi connectivity index (χ1n) is 9.39. The zero-order valence-corrected chi connectivity index (χ0v) is 15.9. The van der Waals surface area contributed by atoms with Gasteiger partial charge in [-0.25, -0.2) is 5.43 Å². The van der Waals surface area contributed by atoms with Crippen LogP contribution >= 0.6 is 0 Å². The Bertz CT molecular complexity index is 1070. The topological polar surface area (TPSA) is 96.6 Å². The highest BCUT2D eigenvalue weighted by molar-refractivity contribution is 6.09. The summed E-state index contributed by atoms with van der Waals surface area (Å²) in [7, 11) is 0. The lowest BCUT2D eigenvalue weighted by Crippen LogP contribution is -2.22. The summed E-state index contributed by atoms with van der Waals surface area (Å²) in [6.07, 6.45) is 5.37. The van der Waals surface area contributed by atoms with Gasteiger partial charge in [-0.2, -0.15) is 5.10 Å². The van der Waals surface area contributed by atoms with Gasteiger partial charge in [0.2, 0.25) is 0 Å². The molecule has 7 heteroatoms. The number of aryl methyl sites for hydroxylation is 1. The average Bonchev–Trinajstić information content (AvgIpc) is 3.10. The highest BCUT2D eigenvalue weighted by Crippen LogP contribution is 2.30. The van der Waals surface area contributed by atoms with Gasteiger partial charge in [0, 0.05) is 41.2 Å². The monoisotopic (exact) mass is 388 g/mol. The van der Waals surface area contributed by atoms with Crippen LogP contribution in [0.3, 0.4) is 0 Å². The molecule has 29 heavy (non-hydrogen) atoms. The van der Waals surface area contributed by atoms with Crippen LogP contribution in [0.25, 0.3) is 0 Å². The van der Waals surface area contributed by atoms with Crippen molar-refractivity contribution in [3.05, 3.63) is 83.1 Å². The lowest BCUT2D eigenvalue weighted by atomic mass is 9.93.